The van der Waals surface area contributed by atoms with E-state index >= 15 is 0 Å². The number of thioether (sulfide) groups is 1. The van der Waals surface area contributed by atoms with Crippen LogP contribution in [0.4, 0.5) is 4.39 Å². The third-order valence-electron chi connectivity index (χ3n) is 2.86. The molecule has 0 aliphatic rings. The number of hydrogen-bond acceptors (Lipinski definition) is 2. The minimum atomic E-state index is -0.450. The van der Waals surface area contributed by atoms with Gasteiger partial charge in [-0.1, -0.05) is 29.8 Å². The van der Waals surface area contributed by atoms with Gasteiger partial charge >= 0.3 is 0 Å². The summed E-state index contributed by atoms with van der Waals surface area (Å²) in [6.45, 7) is 4.05. The van der Waals surface area contributed by atoms with Crippen molar-refractivity contribution in [3.8, 4) is 0 Å². The van der Waals surface area contributed by atoms with Gasteiger partial charge in [0.15, 0.2) is 5.78 Å². The lowest BCUT2D eigenvalue weighted by Crippen LogP contribution is -2.05. The van der Waals surface area contributed by atoms with Crippen LogP contribution < -0.4 is 0 Å². The largest absolute Gasteiger partial charge is 0.293 e. The van der Waals surface area contributed by atoms with Crippen LogP contribution in [-0.4, -0.2) is 11.5 Å². The summed E-state index contributed by atoms with van der Waals surface area (Å²) < 4.78 is 13.5. The van der Waals surface area contributed by atoms with Gasteiger partial charge in [-0.2, -0.15) is 0 Å². The molecule has 0 heterocycles. The number of ketones is 1. The Hall–Kier alpha value is -1.61. The fourth-order valence-electron chi connectivity index (χ4n) is 1.87. The van der Waals surface area contributed by atoms with Crippen molar-refractivity contribution in [2.45, 2.75) is 18.7 Å². The Balaban J connectivity index is 2.07. The first-order valence-electron chi connectivity index (χ1n) is 6.05. The van der Waals surface area contributed by atoms with Gasteiger partial charge in [-0.05, 0) is 37.6 Å². The number of carbonyl (C=O) groups excluding carboxylic acids is 1. The average molecular weight is 274 g/mol. The van der Waals surface area contributed by atoms with Crippen LogP contribution in [0, 0.1) is 19.7 Å². The van der Waals surface area contributed by atoms with Gasteiger partial charge in [0.2, 0.25) is 0 Å². The molecular formula is C16H15FOS. The first-order valence-corrected chi connectivity index (χ1v) is 7.04. The molecule has 0 unspecified atom stereocenters. The van der Waals surface area contributed by atoms with Crippen LogP contribution in [0.5, 0.6) is 0 Å². The van der Waals surface area contributed by atoms with Crippen LogP contribution >= 0.6 is 11.8 Å². The van der Waals surface area contributed by atoms with E-state index in [1.165, 1.54) is 29.5 Å². The number of rotatable bonds is 4. The third-order valence-corrected chi connectivity index (χ3v) is 4.04. The molecular weight excluding hydrogens is 259 g/mol. The molecule has 0 radical (unpaired) electrons. The first-order chi connectivity index (χ1) is 9.08. The van der Waals surface area contributed by atoms with Crippen LogP contribution in [0.25, 0.3) is 0 Å². The fraction of sp³-hybridized carbons (Fsp3) is 0.188. The van der Waals surface area contributed by atoms with E-state index in [4.69, 9.17) is 0 Å². The predicted molar refractivity (Wildman–Crippen MR) is 77.4 cm³/mol. The maximum absolute atomic E-state index is 13.5. The van der Waals surface area contributed by atoms with E-state index in [9.17, 15) is 9.18 Å². The molecule has 0 amide bonds. The van der Waals surface area contributed by atoms with Crippen LogP contribution in [-0.2, 0) is 0 Å². The van der Waals surface area contributed by atoms with E-state index in [1.54, 1.807) is 12.1 Å². The summed E-state index contributed by atoms with van der Waals surface area (Å²) in [7, 11) is 0. The zero-order valence-electron chi connectivity index (χ0n) is 10.9. The Morgan fingerprint density at radius 2 is 1.89 bits per heavy atom. The standard InChI is InChI=1S/C16H15FOS/c1-11-7-8-16(12(2)9-11)19-10-15(18)13-5-3-4-6-14(13)17/h3-9H,10H2,1-2H3. The molecule has 2 aromatic rings. The SMILES string of the molecule is Cc1ccc(SCC(=O)c2ccccc2F)c(C)c1. The number of hydrogen-bond donors (Lipinski definition) is 0. The minimum absolute atomic E-state index is 0.166. The van der Waals surface area contributed by atoms with Crippen molar-refractivity contribution >= 4 is 17.5 Å². The molecule has 0 spiro atoms. The molecule has 19 heavy (non-hydrogen) atoms. The predicted octanol–water partition coefficient (Wildman–Crippen LogP) is 4.42. The lowest BCUT2D eigenvalue weighted by Gasteiger charge is -2.06. The van der Waals surface area contributed by atoms with Crippen LogP contribution in [0.2, 0.25) is 0 Å². The zero-order chi connectivity index (χ0) is 13.8. The van der Waals surface area contributed by atoms with Gasteiger partial charge in [-0.3, -0.25) is 4.79 Å². The maximum Gasteiger partial charge on any atom is 0.176 e. The van der Waals surface area contributed by atoms with E-state index in [-0.39, 0.29) is 17.1 Å². The van der Waals surface area contributed by atoms with Gasteiger partial charge in [0.05, 0.1) is 11.3 Å². The second-order valence-corrected chi connectivity index (χ2v) is 5.48. The summed E-state index contributed by atoms with van der Waals surface area (Å²) >= 11 is 1.45. The van der Waals surface area contributed by atoms with Crippen molar-refractivity contribution in [1.29, 1.82) is 0 Å². The average Bonchev–Trinajstić information content (AvgIpc) is 2.38. The maximum atomic E-state index is 13.5. The number of aryl methyl sites for hydroxylation is 2. The van der Waals surface area contributed by atoms with Crippen molar-refractivity contribution in [3.05, 3.63) is 65.0 Å². The molecule has 0 aromatic heterocycles. The van der Waals surface area contributed by atoms with E-state index in [0.717, 1.165) is 10.5 Å². The number of Topliss-reactive ketones (excluding diaryl/α,β-unsaturated/α-hetero) is 1. The van der Waals surface area contributed by atoms with Gasteiger partial charge < -0.3 is 0 Å². The van der Waals surface area contributed by atoms with E-state index in [2.05, 4.69) is 6.07 Å². The van der Waals surface area contributed by atoms with Crippen LogP contribution in [0.3, 0.4) is 0 Å². The lowest BCUT2D eigenvalue weighted by atomic mass is 10.1. The van der Waals surface area contributed by atoms with E-state index < -0.39 is 5.82 Å². The zero-order valence-corrected chi connectivity index (χ0v) is 11.8. The Bertz CT molecular complexity index is 607. The van der Waals surface area contributed by atoms with Crippen LogP contribution in [0.15, 0.2) is 47.4 Å². The van der Waals surface area contributed by atoms with Crippen LogP contribution in [0.1, 0.15) is 21.5 Å². The highest BCUT2D eigenvalue weighted by Crippen LogP contribution is 2.24. The fourth-order valence-corrected chi connectivity index (χ4v) is 2.76. The molecule has 0 bridgehead atoms. The summed E-state index contributed by atoms with van der Waals surface area (Å²) in [6, 6.07) is 12.2. The Kier molecular flexibility index (Phi) is 4.38. The quantitative estimate of drug-likeness (QED) is 0.606. The molecule has 0 aliphatic heterocycles. The molecule has 2 rings (SSSR count). The second-order valence-electron chi connectivity index (χ2n) is 4.46. The lowest BCUT2D eigenvalue weighted by molar-refractivity contribution is 0.101. The molecule has 1 nitrogen and oxygen atoms in total. The van der Waals surface area contributed by atoms with Crippen molar-refractivity contribution in [2.24, 2.45) is 0 Å². The highest BCUT2D eigenvalue weighted by Gasteiger charge is 2.11. The molecule has 0 atom stereocenters. The van der Waals surface area contributed by atoms with Crippen molar-refractivity contribution < 1.29 is 9.18 Å². The van der Waals surface area contributed by atoms with Gasteiger partial charge in [0, 0.05) is 4.90 Å². The van der Waals surface area contributed by atoms with E-state index in [1.807, 2.05) is 26.0 Å². The summed E-state index contributed by atoms with van der Waals surface area (Å²) in [5.41, 5.74) is 2.51. The smallest absolute Gasteiger partial charge is 0.176 e. The highest BCUT2D eigenvalue weighted by atomic mass is 32.2. The molecule has 0 N–H and O–H groups in total. The molecule has 0 saturated heterocycles. The first kappa shape index (κ1) is 13.8. The van der Waals surface area contributed by atoms with E-state index in [0.29, 0.717) is 0 Å². The molecule has 0 saturated carbocycles. The molecule has 3 heteroatoms. The Morgan fingerprint density at radius 3 is 2.58 bits per heavy atom. The summed E-state index contributed by atoms with van der Waals surface area (Å²) in [6.07, 6.45) is 0. The van der Waals surface area contributed by atoms with Crippen molar-refractivity contribution in [2.75, 3.05) is 5.75 Å². The number of halogens is 1. The van der Waals surface area contributed by atoms with Crippen molar-refractivity contribution in [1.82, 2.24) is 0 Å². The van der Waals surface area contributed by atoms with Gasteiger partial charge in [-0.25, -0.2) is 4.39 Å². The number of carbonyl (C=O) groups is 1. The summed E-state index contributed by atoms with van der Waals surface area (Å²) in [4.78, 5) is 13.0. The van der Waals surface area contributed by atoms with Gasteiger partial charge in [0.1, 0.15) is 5.82 Å². The number of benzene rings is 2. The second kappa shape index (κ2) is 6.02. The normalized spacial score (nSPS) is 10.5. The third kappa shape index (κ3) is 3.44. The molecule has 98 valence electrons. The summed E-state index contributed by atoms with van der Waals surface area (Å²) in [5.74, 6) is -0.373. The topological polar surface area (TPSA) is 17.1 Å². The monoisotopic (exact) mass is 274 g/mol. The van der Waals surface area contributed by atoms with Crippen molar-refractivity contribution in [3.63, 3.8) is 0 Å². The summed E-state index contributed by atoms with van der Waals surface area (Å²) in [5, 5.41) is 0. The molecule has 0 aliphatic carbocycles. The molecule has 2 aromatic carbocycles. The minimum Gasteiger partial charge on any atom is -0.293 e. The molecule has 0 fully saturated rings. The highest BCUT2D eigenvalue weighted by molar-refractivity contribution is 8.00. The van der Waals surface area contributed by atoms with Gasteiger partial charge in [-0.15, -0.1) is 11.8 Å². The Labute approximate surface area is 116 Å². The Morgan fingerprint density at radius 1 is 1.16 bits per heavy atom. The van der Waals surface area contributed by atoms with Gasteiger partial charge in [0.25, 0.3) is 0 Å².